The second-order valence-corrected chi connectivity index (χ2v) is 22.3. The molecular formula is C75H126O6. The highest BCUT2D eigenvalue weighted by molar-refractivity contribution is 5.71. The molecule has 0 aromatic carbocycles. The standard InChI is InChI=1S/C75H126O6/c1-4-7-10-13-16-19-22-25-28-30-32-33-34-35-36-37-38-39-40-41-42-43-44-46-47-50-53-56-59-62-65-68-74(77)80-71-72(70-79-73(76)67-64-61-58-55-52-49-27-24-21-18-15-12-9-6-3)81-75(78)69-66-63-60-57-54-51-48-45-31-29-26-23-20-17-14-11-8-5-2/h7,10,16,19,24-25,27-29,31-33,35-36,38-39,41-42,44,46,72H,4-6,8-9,11-15,17-18,20-23,26,30,34,37,40,43,45,47-71H2,1-3H3/b10-7-,19-16-,27-24-,28-25-,31-29-,33-32-,36-35-,39-38-,42-41-,46-44-. The molecule has 462 valence electrons. The van der Waals surface area contributed by atoms with E-state index in [0.717, 1.165) is 128 Å². The third kappa shape index (κ3) is 66.5. The molecular weight excluding hydrogens is 997 g/mol. The molecule has 6 heteroatoms. The Labute approximate surface area is 501 Å². The maximum atomic E-state index is 12.9. The Balaban J connectivity index is 4.35. The third-order valence-corrected chi connectivity index (χ3v) is 14.4. The van der Waals surface area contributed by atoms with Gasteiger partial charge in [-0.05, 0) is 135 Å². The SMILES string of the molecule is CC/C=C\C/C=C\C/C=C\C/C=C\C/C=C\C/C=C\C/C=C\C/C=C\CCCCCCCCC(=O)OCC(COC(=O)CCCCCCC/C=C\CCCCCCC)OC(=O)CCCCCCCCC/C=C\CCCCCCCCC. The minimum atomic E-state index is -0.794. The lowest BCUT2D eigenvalue weighted by Gasteiger charge is -2.18. The monoisotopic (exact) mass is 1120 g/mol. The van der Waals surface area contributed by atoms with Gasteiger partial charge in [-0.1, -0.05) is 284 Å². The Morgan fingerprint density at radius 3 is 0.765 bits per heavy atom. The van der Waals surface area contributed by atoms with Gasteiger partial charge in [0.15, 0.2) is 6.10 Å². The van der Waals surface area contributed by atoms with E-state index in [2.05, 4.69) is 142 Å². The summed E-state index contributed by atoms with van der Waals surface area (Å²) in [5.74, 6) is -0.908. The second kappa shape index (κ2) is 68.3. The summed E-state index contributed by atoms with van der Waals surface area (Å²) in [7, 11) is 0. The third-order valence-electron chi connectivity index (χ3n) is 14.4. The molecule has 0 spiro atoms. The molecule has 6 nitrogen and oxygen atoms in total. The lowest BCUT2D eigenvalue weighted by Crippen LogP contribution is -2.30. The van der Waals surface area contributed by atoms with Gasteiger partial charge in [0.25, 0.3) is 0 Å². The van der Waals surface area contributed by atoms with Crippen LogP contribution in [0.5, 0.6) is 0 Å². The summed E-state index contributed by atoms with van der Waals surface area (Å²) in [6, 6.07) is 0. The van der Waals surface area contributed by atoms with Crippen LogP contribution in [-0.2, 0) is 28.6 Å². The largest absolute Gasteiger partial charge is 0.462 e. The van der Waals surface area contributed by atoms with Gasteiger partial charge in [0.2, 0.25) is 0 Å². The minimum absolute atomic E-state index is 0.0892. The minimum Gasteiger partial charge on any atom is -0.462 e. The first-order valence-electron chi connectivity index (χ1n) is 34.0. The van der Waals surface area contributed by atoms with Crippen molar-refractivity contribution in [2.75, 3.05) is 13.2 Å². The maximum absolute atomic E-state index is 12.9. The van der Waals surface area contributed by atoms with E-state index in [0.29, 0.717) is 19.3 Å². The fraction of sp³-hybridized carbons (Fsp3) is 0.693. The number of carbonyl (C=O) groups excluding carboxylic acids is 3. The van der Waals surface area contributed by atoms with Crippen molar-refractivity contribution in [2.45, 2.75) is 322 Å². The molecule has 81 heavy (non-hydrogen) atoms. The van der Waals surface area contributed by atoms with Crippen LogP contribution in [-0.4, -0.2) is 37.2 Å². The summed E-state index contributed by atoms with van der Waals surface area (Å²) in [4.78, 5) is 38.4. The van der Waals surface area contributed by atoms with Crippen molar-refractivity contribution in [3.63, 3.8) is 0 Å². The lowest BCUT2D eigenvalue weighted by molar-refractivity contribution is -0.167. The van der Waals surface area contributed by atoms with E-state index in [9.17, 15) is 14.4 Å². The van der Waals surface area contributed by atoms with Crippen LogP contribution in [0.3, 0.4) is 0 Å². The zero-order valence-electron chi connectivity index (χ0n) is 53.0. The van der Waals surface area contributed by atoms with Gasteiger partial charge in [-0.15, -0.1) is 0 Å². The van der Waals surface area contributed by atoms with Crippen molar-refractivity contribution in [1.82, 2.24) is 0 Å². The molecule has 0 aliphatic heterocycles. The molecule has 0 amide bonds. The summed E-state index contributed by atoms with van der Waals surface area (Å²) in [5.41, 5.74) is 0. The van der Waals surface area contributed by atoms with E-state index in [4.69, 9.17) is 14.2 Å². The van der Waals surface area contributed by atoms with Crippen molar-refractivity contribution >= 4 is 17.9 Å². The summed E-state index contributed by atoms with van der Waals surface area (Å²) in [6.45, 7) is 6.51. The topological polar surface area (TPSA) is 78.9 Å². The Morgan fingerprint density at radius 2 is 0.481 bits per heavy atom. The van der Waals surface area contributed by atoms with Crippen molar-refractivity contribution < 1.29 is 28.6 Å². The van der Waals surface area contributed by atoms with Crippen LogP contribution in [0, 0.1) is 0 Å². The number of allylic oxidation sites excluding steroid dienone is 20. The predicted octanol–water partition coefficient (Wildman–Crippen LogP) is 23.6. The maximum Gasteiger partial charge on any atom is 0.306 e. The number of rotatable bonds is 61. The van der Waals surface area contributed by atoms with E-state index in [1.54, 1.807) is 0 Å². The van der Waals surface area contributed by atoms with Crippen LogP contribution in [0.2, 0.25) is 0 Å². The number of carbonyl (C=O) groups is 3. The van der Waals surface area contributed by atoms with Gasteiger partial charge < -0.3 is 14.2 Å². The Hall–Kier alpha value is -4.19. The number of hydrogen-bond donors (Lipinski definition) is 0. The fourth-order valence-electron chi connectivity index (χ4n) is 9.33. The molecule has 1 atom stereocenters. The first-order valence-corrected chi connectivity index (χ1v) is 34.0. The van der Waals surface area contributed by atoms with Gasteiger partial charge in [-0.25, -0.2) is 0 Å². The molecule has 0 radical (unpaired) electrons. The van der Waals surface area contributed by atoms with E-state index >= 15 is 0 Å². The number of ether oxygens (including phenoxy) is 3. The molecule has 0 aromatic heterocycles. The van der Waals surface area contributed by atoms with E-state index in [-0.39, 0.29) is 31.1 Å². The number of esters is 3. The molecule has 0 rings (SSSR count). The molecule has 0 aliphatic carbocycles. The lowest BCUT2D eigenvalue weighted by atomic mass is 10.1. The molecule has 0 saturated heterocycles. The van der Waals surface area contributed by atoms with Crippen LogP contribution in [0.1, 0.15) is 316 Å². The molecule has 0 aliphatic rings. The first-order chi connectivity index (χ1) is 40.0. The smallest absolute Gasteiger partial charge is 0.306 e. The van der Waals surface area contributed by atoms with Gasteiger partial charge in [-0.2, -0.15) is 0 Å². The molecule has 1 unspecified atom stereocenters. The summed E-state index contributed by atoms with van der Waals surface area (Å²) in [6.07, 6.45) is 94.9. The molecule has 0 fully saturated rings. The average molecular weight is 1120 g/mol. The quantitative estimate of drug-likeness (QED) is 0.0261. The fourth-order valence-corrected chi connectivity index (χ4v) is 9.33. The van der Waals surface area contributed by atoms with Crippen molar-refractivity contribution in [1.29, 1.82) is 0 Å². The van der Waals surface area contributed by atoms with Crippen LogP contribution >= 0.6 is 0 Å². The van der Waals surface area contributed by atoms with Gasteiger partial charge in [0.1, 0.15) is 13.2 Å². The highest BCUT2D eigenvalue weighted by Gasteiger charge is 2.19. The van der Waals surface area contributed by atoms with E-state index in [1.807, 2.05) is 0 Å². The summed E-state index contributed by atoms with van der Waals surface area (Å²) >= 11 is 0. The van der Waals surface area contributed by atoms with Crippen LogP contribution < -0.4 is 0 Å². The molecule has 0 bridgehead atoms. The second-order valence-electron chi connectivity index (χ2n) is 22.3. The van der Waals surface area contributed by atoms with E-state index in [1.165, 1.54) is 148 Å². The van der Waals surface area contributed by atoms with Crippen LogP contribution in [0.25, 0.3) is 0 Å². The molecule has 0 heterocycles. The highest BCUT2D eigenvalue weighted by Crippen LogP contribution is 2.15. The van der Waals surface area contributed by atoms with E-state index < -0.39 is 6.10 Å². The van der Waals surface area contributed by atoms with Crippen molar-refractivity contribution in [3.05, 3.63) is 122 Å². The molecule has 0 N–H and O–H groups in total. The summed E-state index contributed by atoms with van der Waals surface area (Å²) < 4.78 is 16.9. The number of hydrogen-bond acceptors (Lipinski definition) is 6. The average Bonchev–Trinajstić information content (AvgIpc) is 3.47. The van der Waals surface area contributed by atoms with Gasteiger partial charge in [-0.3, -0.25) is 14.4 Å². The highest BCUT2D eigenvalue weighted by atomic mass is 16.6. The normalized spacial score (nSPS) is 12.9. The molecule has 0 aromatic rings. The Bertz CT molecular complexity index is 1670. The number of unbranched alkanes of at least 4 members (excludes halogenated alkanes) is 30. The predicted molar refractivity (Wildman–Crippen MR) is 353 cm³/mol. The summed E-state index contributed by atoms with van der Waals surface area (Å²) in [5, 5.41) is 0. The zero-order chi connectivity index (χ0) is 58.5. The van der Waals surface area contributed by atoms with Crippen LogP contribution in [0.4, 0.5) is 0 Å². The van der Waals surface area contributed by atoms with Crippen molar-refractivity contribution in [3.8, 4) is 0 Å². The van der Waals surface area contributed by atoms with Crippen molar-refractivity contribution in [2.24, 2.45) is 0 Å². The molecule has 0 saturated carbocycles. The van der Waals surface area contributed by atoms with Crippen LogP contribution in [0.15, 0.2) is 122 Å². The van der Waals surface area contributed by atoms with Gasteiger partial charge in [0.05, 0.1) is 0 Å². The zero-order valence-corrected chi connectivity index (χ0v) is 53.0. The van der Waals surface area contributed by atoms with Gasteiger partial charge >= 0.3 is 17.9 Å². The Morgan fingerprint density at radius 1 is 0.259 bits per heavy atom. The first kappa shape index (κ1) is 76.8. The van der Waals surface area contributed by atoms with Gasteiger partial charge in [0, 0.05) is 19.3 Å². The Kier molecular flexibility index (Phi) is 64.8.